The van der Waals surface area contributed by atoms with Gasteiger partial charge in [-0.25, -0.2) is 14.5 Å². The molecule has 0 saturated carbocycles. The zero-order chi connectivity index (χ0) is 18.2. The van der Waals surface area contributed by atoms with E-state index in [1.807, 2.05) is 0 Å². The van der Waals surface area contributed by atoms with Crippen LogP contribution in [-0.2, 0) is 6.18 Å². The van der Waals surface area contributed by atoms with E-state index in [0.29, 0.717) is 5.56 Å². The number of hydrogen-bond donors (Lipinski definition) is 0. The van der Waals surface area contributed by atoms with E-state index >= 15 is 0 Å². The molecule has 2 aromatic heterocycles. The summed E-state index contributed by atoms with van der Waals surface area (Å²) in [5.41, 5.74) is -0.635. The first-order chi connectivity index (χ1) is 11.8. The first-order valence-electron chi connectivity index (χ1n) is 6.98. The van der Waals surface area contributed by atoms with E-state index in [9.17, 15) is 23.3 Å². The van der Waals surface area contributed by atoms with Gasteiger partial charge in [-0.2, -0.15) is 13.2 Å². The number of hydrogen-bond acceptors (Lipinski definition) is 5. The molecule has 0 N–H and O–H groups in total. The minimum atomic E-state index is -4.69. The summed E-state index contributed by atoms with van der Waals surface area (Å²) in [5.74, 6) is -0.739. The highest BCUT2D eigenvalue weighted by molar-refractivity contribution is 5.60. The monoisotopic (exact) mass is 349 g/mol. The predicted octanol–water partition coefficient (Wildman–Crippen LogP) is 3.56. The van der Waals surface area contributed by atoms with Crippen LogP contribution in [0.5, 0.6) is 0 Å². The highest BCUT2D eigenvalue weighted by atomic mass is 19.4. The molecule has 0 unspecified atom stereocenters. The molecule has 3 rings (SSSR count). The van der Waals surface area contributed by atoms with Gasteiger partial charge in [0.2, 0.25) is 11.8 Å². The van der Waals surface area contributed by atoms with Crippen molar-refractivity contribution in [2.24, 2.45) is 0 Å². The number of aryl methyl sites for hydroxylation is 1. The van der Waals surface area contributed by atoms with Gasteiger partial charge in [-0.3, -0.25) is 0 Å². The minimum Gasteiger partial charge on any atom is -0.358 e. The number of benzene rings is 1. The van der Waals surface area contributed by atoms with E-state index in [1.165, 1.54) is 6.92 Å². The molecule has 0 atom stereocenters. The van der Waals surface area contributed by atoms with Gasteiger partial charge in [0, 0.05) is 12.5 Å². The van der Waals surface area contributed by atoms with Crippen molar-refractivity contribution in [2.75, 3.05) is 0 Å². The summed E-state index contributed by atoms with van der Waals surface area (Å²) in [6.45, 7) is 1.42. The Kier molecular flexibility index (Phi) is 3.95. The van der Waals surface area contributed by atoms with Crippen molar-refractivity contribution in [1.29, 1.82) is 0 Å². The Hall–Kier alpha value is -3.30. The smallest absolute Gasteiger partial charge is 0.358 e. The lowest BCUT2D eigenvalue weighted by molar-refractivity contribution is -0.389. The van der Waals surface area contributed by atoms with Gasteiger partial charge in [0.25, 0.3) is 0 Å². The summed E-state index contributed by atoms with van der Waals surface area (Å²) in [6, 6.07) is 9.10. The molecule has 0 amide bonds. The molecule has 0 aliphatic carbocycles. The van der Waals surface area contributed by atoms with E-state index < -0.39 is 22.6 Å². The van der Waals surface area contributed by atoms with E-state index in [-0.39, 0.29) is 17.5 Å². The molecule has 0 radical (unpaired) electrons. The number of halogens is 3. The van der Waals surface area contributed by atoms with Gasteiger partial charge in [-0.05, 0) is 16.0 Å². The largest absolute Gasteiger partial charge is 0.433 e. The molecule has 3 aromatic rings. The lowest BCUT2D eigenvalue weighted by Gasteiger charge is -2.11. The first-order valence-corrected chi connectivity index (χ1v) is 6.98. The molecule has 0 fully saturated rings. The average molecular weight is 349 g/mol. The van der Waals surface area contributed by atoms with E-state index in [2.05, 4.69) is 15.0 Å². The molecule has 25 heavy (non-hydrogen) atoms. The maximum Gasteiger partial charge on any atom is 0.433 e. The van der Waals surface area contributed by atoms with Crippen LogP contribution < -0.4 is 0 Å². The van der Waals surface area contributed by atoms with Gasteiger partial charge in [0.15, 0.2) is 5.69 Å². The fraction of sp³-hybridized carbons (Fsp3) is 0.133. The third-order valence-corrected chi connectivity index (χ3v) is 3.35. The van der Waals surface area contributed by atoms with Crippen molar-refractivity contribution in [2.45, 2.75) is 13.1 Å². The molecule has 2 heterocycles. The fourth-order valence-corrected chi connectivity index (χ4v) is 2.19. The van der Waals surface area contributed by atoms with Crippen LogP contribution in [0.15, 0.2) is 42.6 Å². The highest BCUT2D eigenvalue weighted by Crippen LogP contribution is 2.31. The predicted molar refractivity (Wildman–Crippen MR) is 81.0 cm³/mol. The highest BCUT2D eigenvalue weighted by Gasteiger charge is 2.34. The Morgan fingerprint density at radius 1 is 1.12 bits per heavy atom. The summed E-state index contributed by atoms with van der Waals surface area (Å²) in [5, 5.41) is 10.8. The van der Waals surface area contributed by atoms with E-state index in [4.69, 9.17) is 0 Å². The van der Waals surface area contributed by atoms with Gasteiger partial charge in [-0.1, -0.05) is 30.3 Å². The minimum absolute atomic E-state index is 0.0497. The third-order valence-electron chi connectivity index (χ3n) is 3.35. The van der Waals surface area contributed by atoms with Crippen LogP contribution in [0, 0.1) is 17.0 Å². The van der Waals surface area contributed by atoms with Crippen LogP contribution in [0.4, 0.5) is 19.0 Å². The standard InChI is InChI=1S/C15H10F3N5O2/c1-9-19-13(23(24)25)8-22(9)14-20-11(10-5-3-2-4-6-10)7-12(21-14)15(16,17)18/h2-8H,1H3. The second-order valence-electron chi connectivity index (χ2n) is 5.08. The zero-order valence-electron chi connectivity index (χ0n) is 12.7. The molecule has 0 aliphatic rings. The van der Waals surface area contributed by atoms with Gasteiger partial charge >= 0.3 is 12.0 Å². The van der Waals surface area contributed by atoms with Crippen LogP contribution in [0.1, 0.15) is 11.5 Å². The number of aromatic nitrogens is 4. The van der Waals surface area contributed by atoms with Crippen LogP contribution in [0.25, 0.3) is 17.2 Å². The molecule has 7 nitrogen and oxygen atoms in total. The number of imidazole rings is 1. The second kappa shape index (κ2) is 5.96. The molecule has 0 spiro atoms. The van der Waals surface area contributed by atoms with Crippen molar-refractivity contribution in [1.82, 2.24) is 19.5 Å². The Labute approximate surface area is 139 Å². The number of nitrogens with zero attached hydrogens (tertiary/aromatic N) is 5. The van der Waals surface area contributed by atoms with Crippen molar-refractivity contribution >= 4 is 5.82 Å². The van der Waals surface area contributed by atoms with Crippen LogP contribution >= 0.6 is 0 Å². The van der Waals surface area contributed by atoms with Crippen molar-refractivity contribution in [3.8, 4) is 17.2 Å². The summed E-state index contributed by atoms with van der Waals surface area (Å²) in [4.78, 5) is 21.4. The van der Waals surface area contributed by atoms with Crippen LogP contribution in [0.2, 0.25) is 0 Å². The molecular formula is C15H10F3N5O2. The number of nitro groups is 1. The molecule has 1 aromatic carbocycles. The quantitative estimate of drug-likeness (QED) is 0.533. The van der Waals surface area contributed by atoms with Gasteiger partial charge < -0.3 is 10.1 Å². The lowest BCUT2D eigenvalue weighted by Crippen LogP contribution is -2.13. The number of rotatable bonds is 3. The Bertz CT molecular complexity index is 938. The summed E-state index contributed by atoms with van der Waals surface area (Å²) in [7, 11) is 0. The average Bonchev–Trinajstić information content (AvgIpc) is 2.97. The number of alkyl halides is 3. The first kappa shape index (κ1) is 16.6. The maximum absolute atomic E-state index is 13.2. The summed E-state index contributed by atoms with van der Waals surface area (Å²) < 4.78 is 40.6. The molecule has 0 saturated heterocycles. The second-order valence-corrected chi connectivity index (χ2v) is 5.08. The van der Waals surface area contributed by atoms with Crippen molar-refractivity contribution < 1.29 is 18.1 Å². The maximum atomic E-state index is 13.2. The molecule has 128 valence electrons. The lowest BCUT2D eigenvalue weighted by atomic mass is 10.1. The normalized spacial score (nSPS) is 11.5. The third kappa shape index (κ3) is 3.32. The van der Waals surface area contributed by atoms with E-state index in [0.717, 1.165) is 16.8 Å². The topological polar surface area (TPSA) is 86.7 Å². The molecule has 0 bridgehead atoms. The van der Waals surface area contributed by atoms with Gasteiger partial charge in [-0.15, -0.1) is 0 Å². The van der Waals surface area contributed by atoms with Gasteiger partial charge in [0.1, 0.15) is 6.20 Å². The molecule has 10 heteroatoms. The Morgan fingerprint density at radius 2 is 1.80 bits per heavy atom. The SMILES string of the molecule is Cc1nc([N+](=O)[O-])cn1-c1nc(-c2ccccc2)cc(C(F)(F)F)n1. The summed E-state index contributed by atoms with van der Waals surface area (Å²) in [6.07, 6.45) is -3.71. The summed E-state index contributed by atoms with van der Waals surface area (Å²) >= 11 is 0. The molecular weight excluding hydrogens is 339 g/mol. The Balaban J connectivity index is 2.21. The zero-order valence-corrected chi connectivity index (χ0v) is 12.7. The van der Waals surface area contributed by atoms with Crippen LogP contribution in [-0.4, -0.2) is 24.4 Å². The van der Waals surface area contributed by atoms with Crippen LogP contribution in [0.3, 0.4) is 0 Å². The van der Waals surface area contributed by atoms with E-state index in [1.54, 1.807) is 30.3 Å². The van der Waals surface area contributed by atoms with Crippen molar-refractivity contribution in [3.05, 3.63) is 64.2 Å². The molecule has 0 aliphatic heterocycles. The Morgan fingerprint density at radius 3 is 2.36 bits per heavy atom. The van der Waals surface area contributed by atoms with Crippen molar-refractivity contribution in [3.63, 3.8) is 0 Å². The van der Waals surface area contributed by atoms with Gasteiger partial charge in [0.05, 0.1) is 5.69 Å². The fourth-order valence-electron chi connectivity index (χ4n) is 2.19.